The molecule has 1 fully saturated rings. The predicted octanol–water partition coefficient (Wildman–Crippen LogP) is 1.23. The highest BCUT2D eigenvalue weighted by atomic mass is 32.1. The highest BCUT2D eigenvalue weighted by Crippen LogP contribution is 2.32. The number of hydrogen-bond donors (Lipinski definition) is 2. The van der Waals surface area contributed by atoms with Gasteiger partial charge in [0.15, 0.2) is 0 Å². The lowest BCUT2D eigenvalue weighted by atomic mass is 9.88. The third-order valence-electron chi connectivity index (χ3n) is 3.44. The Morgan fingerprint density at radius 1 is 1.41 bits per heavy atom. The second kappa shape index (κ2) is 5.78. The minimum Gasteiger partial charge on any atom is -0.393 e. The molecule has 5 atom stereocenters. The minimum atomic E-state index is -0.0844. The van der Waals surface area contributed by atoms with E-state index in [1.165, 1.54) is 0 Å². The second-order valence-corrected chi connectivity index (χ2v) is 5.54. The summed E-state index contributed by atoms with van der Waals surface area (Å²) in [6.45, 7) is 7.91. The molecule has 5 heteroatoms. The quantitative estimate of drug-likeness (QED) is 0.744. The van der Waals surface area contributed by atoms with Gasteiger partial charge in [0.1, 0.15) is 0 Å². The molecule has 98 valence electrons. The van der Waals surface area contributed by atoms with Gasteiger partial charge in [-0.3, -0.25) is 4.79 Å². The van der Waals surface area contributed by atoms with Crippen LogP contribution in [0.1, 0.15) is 34.1 Å². The van der Waals surface area contributed by atoms with Crippen molar-refractivity contribution in [1.82, 2.24) is 5.32 Å². The first-order chi connectivity index (χ1) is 7.82. The van der Waals surface area contributed by atoms with Gasteiger partial charge < -0.3 is 15.8 Å². The van der Waals surface area contributed by atoms with Crippen LogP contribution in [0.5, 0.6) is 0 Å². The van der Waals surface area contributed by atoms with Crippen LogP contribution in [0, 0.1) is 11.8 Å². The summed E-state index contributed by atoms with van der Waals surface area (Å²) in [7, 11) is 0. The Balaban J connectivity index is 2.55. The molecule has 0 aromatic heterocycles. The number of thiocarbonyl (C=S) groups is 1. The zero-order valence-corrected chi connectivity index (χ0v) is 11.7. The molecular weight excluding hydrogens is 236 g/mol. The first kappa shape index (κ1) is 14.4. The fourth-order valence-electron chi connectivity index (χ4n) is 2.41. The molecule has 1 heterocycles. The fourth-order valence-corrected chi connectivity index (χ4v) is 2.66. The summed E-state index contributed by atoms with van der Waals surface area (Å²) < 4.78 is 5.66. The van der Waals surface area contributed by atoms with Crippen molar-refractivity contribution in [3.05, 3.63) is 0 Å². The SMILES string of the molecule is CC(CC(N)=S)NC(=O)C1C(C)OC(C)C1C. The standard InChI is InChI=1S/C12H22N2O2S/c1-6(5-10(13)17)14-12(15)11-7(2)8(3)16-9(11)4/h6-9,11H,5H2,1-4H3,(H2,13,17)(H,14,15). The third-order valence-corrected chi connectivity index (χ3v) is 3.61. The smallest absolute Gasteiger partial charge is 0.226 e. The number of hydrogen-bond acceptors (Lipinski definition) is 3. The van der Waals surface area contributed by atoms with Crippen molar-refractivity contribution < 1.29 is 9.53 Å². The fraction of sp³-hybridized carbons (Fsp3) is 0.833. The van der Waals surface area contributed by atoms with Gasteiger partial charge >= 0.3 is 0 Å². The van der Waals surface area contributed by atoms with E-state index in [0.717, 1.165) is 0 Å². The normalized spacial score (nSPS) is 34.4. The molecule has 1 rings (SSSR count). The Kier molecular flexibility index (Phi) is 4.89. The van der Waals surface area contributed by atoms with Gasteiger partial charge in [0, 0.05) is 12.5 Å². The number of carbonyl (C=O) groups excluding carboxylic acids is 1. The Bertz CT molecular complexity index is 309. The molecule has 0 spiro atoms. The Hall–Kier alpha value is -0.680. The predicted molar refractivity (Wildman–Crippen MR) is 71.7 cm³/mol. The van der Waals surface area contributed by atoms with Gasteiger partial charge in [0.2, 0.25) is 5.91 Å². The van der Waals surface area contributed by atoms with E-state index in [4.69, 9.17) is 22.7 Å². The van der Waals surface area contributed by atoms with Gasteiger partial charge in [0.25, 0.3) is 0 Å². The van der Waals surface area contributed by atoms with E-state index in [-0.39, 0.29) is 36.0 Å². The molecule has 1 amide bonds. The van der Waals surface area contributed by atoms with Gasteiger partial charge in [-0.05, 0) is 26.7 Å². The summed E-state index contributed by atoms with van der Waals surface area (Å²) in [5, 5.41) is 2.95. The van der Waals surface area contributed by atoms with Gasteiger partial charge in [-0.15, -0.1) is 0 Å². The molecule has 0 aliphatic carbocycles. The highest BCUT2D eigenvalue weighted by molar-refractivity contribution is 7.80. The van der Waals surface area contributed by atoms with Crippen LogP contribution in [0.15, 0.2) is 0 Å². The summed E-state index contributed by atoms with van der Waals surface area (Å²) >= 11 is 4.83. The van der Waals surface area contributed by atoms with Crippen LogP contribution in [0.3, 0.4) is 0 Å². The van der Waals surface area contributed by atoms with Crippen molar-refractivity contribution in [2.45, 2.75) is 52.4 Å². The molecule has 0 saturated carbocycles. The molecular formula is C12H22N2O2S. The zero-order chi connectivity index (χ0) is 13.2. The van der Waals surface area contributed by atoms with E-state index in [0.29, 0.717) is 11.4 Å². The molecule has 4 nitrogen and oxygen atoms in total. The van der Waals surface area contributed by atoms with Crippen LogP contribution in [0.25, 0.3) is 0 Å². The number of carbonyl (C=O) groups is 1. The molecule has 17 heavy (non-hydrogen) atoms. The van der Waals surface area contributed by atoms with Crippen LogP contribution in [-0.2, 0) is 9.53 Å². The molecule has 1 aliphatic heterocycles. The lowest BCUT2D eigenvalue weighted by molar-refractivity contribution is -0.127. The van der Waals surface area contributed by atoms with Crippen LogP contribution in [0.4, 0.5) is 0 Å². The van der Waals surface area contributed by atoms with Crippen LogP contribution >= 0.6 is 12.2 Å². The first-order valence-corrected chi connectivity index (χ1v) is 6.48. The first-order valence-electron chi connectivity index (χ1n) is 6.07. The zero-order valence-electron chi connectivity index (χ0n) is 10.9. The average molecular weight is 258 g/mol. The van der Waals surface area contributed by atoms with Crippen molar-refractivity contribution in [2.24, 2.45) is 17.6 Å². The summed E-state index contributed by atoms with van der Waals surface area (Å²) in [5.41, 5.74) is 5.45. The van der Waals surface area contributed by atoms with Gasteiger partial charge in [-0.2, -0.15) is 0 Å². The van der Waals surface area contributed by atoms with Crippen LogP contribution in [0.2, 0.25) is 0 Å². The van der Waals surface area contributed by atoms with E-state index in [9.17, 15) is 4.79 Å². The van der Waals surface area contributed by atoms with Gasteiger partial charge in [-0.1, -0.05) is 19.1 Å². The topological polar surface area (TPSA) is 64.3 Å². The maximum atomic E-state index is 12.1. The van der Waals surface area contributed by atoms with Crippen molar-refractivity contribution in [3.8, 4) is 0 Å². The molecule has 0 aromatic carbocycles. The summed E-state index contributed by atoms with van der Waals surface area (Å²) in [6.07, 6.45) is 0.635. The number of rotatable bonds is 4. The van der Waals surface area contributed by atoms with Gasteiger partial charge in [0.05, 0.1) is 23.1 Å². The molecule has 3 N–H and O–H groups in total. The molecule has 5 unspecified atom stereocenters. The summed E-state index contributed by atoms with van der Waals surface area (Å²) in [5.74, 6) is 0.193. The van der Waals surface area contributed by atoms with E-state index in [2.05, 4.69) is 12.2 Å². The van der Waals surface area contributed by atoms with Crippen LogP contribution < -0.4 is 11.1 Å². The van der Waals surface area contributed by atoms with E-state index >= 15 is 0 Å². The largest absolute Gasteiger partial charge is 0.393 e. The number of nitrogens with one attached hydrogen (secondary N) is 1. The van der Waals surface area contributed by atoms with Crippen molar-refractivity contribution in [1.29, 1.82) is 0 Å². The summed E-state index contributed by atoms with van der Waals surface area (Å²) in [4.78, 5) is 12.6. The number of amides is 1. The highest BCUT2D eigenvalue weighted by Gasteiger charge is 2.41. The van der Waals surface area contributed by atoms with Crippen molar-refractivity contribution in [2.75, 3.05) is 0 Å². The van der Waals surface area contributed by atoms with E-state index < -0.39 is 0 Å². The van der Waals surface area contributed by atoms with Gasteiger partial charge in [-0.25, -0.2) is 0 Å². The Morgan fingerprint density at radius 2 is 2.00 bits per heavy atom. The lowest BCUT2D eigenvalue weighted by Gasteiger charge is -2.21. The lowest BCUT2D eigenvalue weighted by Crippen LogP contribution is -2.42. The number of nitrogens with two attached hydrogens (primary N) is 1. The van der Waals surface area contributed by atoms with Crippen LogP contribution in [-0.4, -0.2) is 29.1 Å². The summed E-state index contributed by atoms with van der Waals surface area (Å²) in [6, 6.07) is -0.0182. The monoisotopic (exact) mass is 258 g/mol. The molecule has 0 aromatic rings. The average Bonchev–Trinajstić information content (AvgIpc) is 2.39. The number of ether oxygens (including phenoxy) is 1. The molecule has 1 aliphatic rings. The molecule has 0 radical (unpaired) electrons. The minimum absolute atomic E-state index is 0.0182. The second-order valence-electron chi connectivity index (χ2n) is 5.01. The maximum absolute atomic E-state index is 12.1. The maximum Gasteiger partial charge on any atom is 0.226 e. The Labute approximate surface area is 108 Å². The molecule has 0 bridgehead atoms. The van der Waals surface area contributed by atoms with E-state index in [1.807, 2.05) is 20.8 Å². The van der Waals surface area contributed by atoms with Crippen molar-refractivity contribution >= 4 is 23.1 Å². The Morgan fingerprint density at radius 3 is 2.41 bits per heavy atom. The molecule has 1 saturated heterocycles. The van der Waals surface area contributed by atoms with E-state index in [1.54, 1.807) is 0 Å². The third kappa shape index (κ3) is 3.64. The van der Waals surface area contributed by atoms with Crippen molar-refractivity contribution in [3.63, 3.8) is 0 Å².